The van der Waals surface area contributed by atoms with E-state index in [1.807, 2.05) is 0 Å². The summed E-state index contributed by atoms with van der Waals surface area (Å²) in [6.45, 7) is 1.63. The van der Waals surface area contributed by atoms with Crippen LogP contribution in [-0.2, 0) is 11.3 Å². The Morgan fingerprint density at radius 3 is 2.32 bits per heavy atom. The van der Waals surface area contributed by atoms with Crippen molar-refractivity contribution in [3.05, 3.63) is 77.6 Å². The second-order valence-electron chi connectivity index (χ2n) is 6.03. The zero-order valence-corrected chi connectivity index (χ0v) is 15.4. The first-order valence-electron chi connectivity index (χ1n) is 8.10. The molecule has 144 valence electrons. The molecule has 0 fully saturated rings. The lowest BCUT2D eigenvalue weighted by molar-refractivity contribution is 0.0693. The summed E-state index contributed by atoms with van der Waals surface area (Å²) in [5, 5.41) is 18.9. The predicted molar refractivity (Wildman–Crippen MR) is 103 cm³/mol. The number of carboxylic acid groups (broad SMARTS) is 1. The lowest BCUT2D eigenvalue weighted by Gasteiger charge is -2.27. The number of aromatic hydroxyl groups is 1. The lowest BCUT2D eigenvalue weighted by Crippen LogP contribution is -2.19. The summed E-state index contributed by atoms with van der Waals surface area (Å²) >= 11 is -2.74. The molecule has 0 radical (unpaired) electrons. The maximum absolute atomic E-state index is 13.5. The van der Waals surface area contributed by atoms with Gasteiger partial charge in [0, 0.05) is 6.07 Å². The van der Waals surface area contributed by atoms with Gasteiger partial charge in [0.1, 0.15) is 17.1 Å². The summed E-state index contributed by atoms with van der Waals surface area (Å²) in [6.07, 6.45) is 0. The van der Waals surface area contributed by atoms with Crippen molar-refractivity contribution < 1.29 is 28.2 Å². The number of aryl methyl sites for hydroxylation is 1. The number of hydrogen-bond acceptors (Lipinski definition) is 4. The second kappa shape index (κ2) is 7.79. The van der Waals surface area contributed by atoms with Gasteiger partial charge in [0.05, 0.1) is 22.6 Å². The van der Waals surface area contributed by atoms with Crippen LogP contribution >= 0.6 is 0 Å². The fraction of sp³-hybridized carbons (Fsp3) is 0.0500. The molecule has 0 amide bonds. The highest BCUT2D eigenvalue weighted by atomic mass is 32.2. The molecule has 28 heavy (non-hydrogen) atoms. The fourth-order valence-corrected chi connectivity index (χ4v) is 3.36. The number of halogens is 1. The SMILES string of the molecule is Cc1cc(-c2cccc(N(c3ccc(C(=O)O)c(O)c3)S(=O)[O-])c2)ccc1F. The first kappa shape index (κ1) is 19.5. The number of rotatable bonds is 5. The maximum Gasteiger partial charge on any atom is 0.339 e. The molecule has 3 rings (SSSR count). The van der Waals surface area contributed by atoms with Gasteiger partial charge in [0.15, 0.2) is 0 Å². The number of carbonyl (C=O) groups is 1. The van der Waals surface area contributed by atoms with E-state index in [2.05, 4.69) is 0 Å². The minimum absolute atomic E-state index is 0.0725. The van der Waals surface area contributed by atoms with E-state index in [4.69, 9.17) is 5.11 Å². The van der Waals surface area contributed by atoms with Gasteiger partial charge in [-0.1, -0.05) is 18.2 Å². The van der Waals surface area contributed by atoms with E-state index < -0.39 is 23.0 Å². The van der Waals surface area contributed by atoms with Crippen LogP contribution in [0.5, 0.6) is 5.75 Å². The van der Waals surface area contributed by atoms with E-state index in [9.17, 15) is 23.1 Å². The fourth-order valence-electron chi connectivity index (χ4n) is 2.78. The Bertz CT molecular complexity index is 1090. The van der Waals surface area contributed by atoms with Gasteiger partial charge in [-0.15, -0.1) is 0 Å². The zero-order chi connectivity index (χ0) is 20.4. The summed E-state index contributed by atoms with van der Waals surface area (Å²) in [7, 11) is 0. The molecule has 8 heteroatoms. The predicted octanol–water partition coefficient (Wildman–Crippen LogP) is 4.14. The Morgan fingerprint density at radius 1 is 1.04 bits per heavy atom. The van der Waals surface area contributed by atoms with Crippen molar-refractivity contribution in [2.75, 3.05) is 4.31 Å². The molecule has 0 aromatic heterocycles. The van der Waals surface area contributed by atoms with Crippen LogP contribution in [0.25, 0.3) is 11.1 Å². The Labute approximate surface area is 162 Å². The molecule has 0 aliphatic carbocycles. The van der Waals surface area contributed by atoms with E-state index in [-0.39, 0.29) is 22.8 Å². The Hall–Kier alpha value is -3.23. The van der Waals surface area contributed by atoms with Gasteiger partial charge in [0.2, 0.25) is 0 Å². The Morgan fingerprint density at radius 2 is 1.71 bits per heavy atom. The number of aromatic carboxylic acids is 1. The third-order valence-corrected chi connectivity index (χ3v) is 4.89. The number of hydrogen-bond donors (Lipinski definition) is 2. The average Bonchev–Trinajstić information content (AvgIpc) is 2.64. The largest absolute Gasteiger partial charge is 0.755 e. The van der Waals surface area contributed by atoms with E-state index in [1.165, 1.54) is 12.1 Å². The molecule has 6 nitrogen and oxygen atoms in total. The molecule has 0 heterocycles. The summed E-state index contributed by atoms with van der Waals surface area (Å²) in [4.78, 5) is 11.0. The van der Waals surface area contributed by atoms with Crippen LogP contribution in [0.1, 0.15) is 15.9 Å². The molecule has 3 aromatic carbocycles. The van der Waals surface area contributed by atoms with Gasteiger partial charge < -0.3 is 14.8 Å². The molecule has 0 aliphatic heterocycles. The minimum atomic E-state index is -2.74. The summed E-state index contributed by atoms with van der Waals surface area (Å²) in [5.41, 5.74) is 1.85. The second-order valence-corrected chi connectivity index (χ2v) is 6.83. The molecule has 0 saturated heterocycles. The van der Waals surface area contributed by atoms with Crippen molar-refractivity contribution in [3.8, 4) is 16.9 Å². The van der Waals surface area contributed by atoms with E-state index >= 15 is 0 Å². The van der Waals surface area contributed by atoms with E-state index in [1.54, 1.807) is 43.3 Å². The van der Waals surface area contributed by atoms with Gasteiger partial charge in [-0.2, -0.15) is 0 Å². The molecule has 0 saturated carbocycles. The third-order valence-electron chi connectivity index (χ3n) is 4.17. The van der Waals surface area contributed by atoms with Crippen LogP contribution in [0.2, 0.25) is 0 Å². The molecule has 2 N–H and O–H groups in total. The smallest absolute Gasteiger partial charge is 0.339 e. The topological polar surface area (TPSA) is 101 Å². The van der Waals surface area contributed by atoms with Crippen LogP contribution in [0.4, 0.5) is 15.8 Å². The van der Waals surface area contributed by atoms with Gasteiger partial charge >= 0.3 is 5.97 Å². The Balaban J connectivity index is 2.06. The highest BCUT2D eigenvalue weighted by molar-refractivity contribution is 7.81. The first-order valence-corrected chi connectivity index (χ1v) is 9.13. The number of anilines is 2. The standard InChI is InChI=1S/C20H16FNO5S/c1-12-9-14(5-8-18(12)21)13-3-2-4-15(10-13)22(28(26)27)16-6-7-17(20(24)25)19(23)11-16/h2-11,23H,1H3,(H,24,25)(H,26,27)/p-1. The van der Waals surface area contributed by atoms with Crippen LogP contribution < -0.4 is 4.31 Å². The van der Waals surface area contributed by atoms with Crippen molar-refractivity contribution >= 4 is 28.6 Å². The van der Waals surface area contributed by atoms with Crippen molar-refractivity contribution in [3.63, 3.8) is 0 Å². The molecular weight excluding hydrogens is 385 g/mol. The number of phenols is 1. The lowest BCUT2D eigenvalue weighted by atomic mass is 10.0. The van der Waals surface area contributed by atoms with Crippen LogP contribution in [-0.4, -0.2) is 24.9 Å². The highest BCUT2D eigenvalue weighted by Crippen LogP contribution is 2.33. The van der Waals surface area contributed by atoms with Crippen molar-refractivity contribution in [2.24, 2.45) is 0 Å². The van der Waals surface area contributed by atoms with E-state index in [0.717, 1.165) is 16.4 Å². The molecule has 0 spiro atoms. The molecule has 0 bridgehead atoms. The molecule has 0 aliphatic rings. The van der Waals surface area contributed by atoms with Crippen molar-refractivity contribution in [1.82, 2.24) is 0 Å². The number of carboxylic acids is 1. The number of benzene rings is 3. The van der Waals surface area contributed by atoms with Gasteiger partial charge in [-0.25, -0.2) is 9.18 Å². The summed E-state index contributed by atoms with van der Waals surface area (Å²) in [6, 6.07) is 14.6. The molecule has 1 atom stereocenters. The highest BCUT2D eigenvalue weighted by Gasteiger charge is 2.16. The Kier molecular flexibility index (Phi) is 5.43. The summed E-state index contributed by atoms with van der Waals surface area (Å²) in [5.74, 6) is -2.21. The van der Waals surface area contributed by atoms with Crippen LogP contribution in [0.3, 0.4) is 0 Å². The van der Waals surface area contributed by atoms with Gasteiger partial charge in [0.25, 0.3) is 0 Å². The zero-order valence-electron chi connectivity index (χ0n) is 14.6. The van der Waals surface area contributed by atoms with E-state index in [0.29, 0.717) is 16.7 Å². The first-order chi connectivity index (χ1) is 13.3. The van der Waals surface area contributed by atoms with Crippen molar-refractivity contribution in [2.45, 2.75) is 6.92 Å². The quantitative estimate of drug-likeness (QED) is 0.627. The van der Waals surface area contributed by atoms with Crippen LogP contribution in [0.15, 0.2) is 60.7 Å². The number of nitrogens with zero attached hydrogens (tertiary/aromatic N) is 1. The summed E-state index contributed by atoms with van der Waals surface area (Å²) < 4.78 is 38.2. The molecule has 3 aromatic rings. The van der Waals surface area contributed by atoms with Gasteiger partial charge in [-0.3, -0.25) is 8.51 Å². The van der Waals surface area contributed by atoms with Crippen LogP contribution in [0, 0.1) is 12.7 Å². The minimum Gasteiger partial charge on any atom is -0.755 e. The normalized spacial score (nSPS) is 11.8. The van der Waals surface area contributed by atoms with Crippen molar-refractivity contribution in [1.29, 1.82) is 0 Å². The average molecular weight is 400 g/mol. The van der Waals surface area contributed by atoms with Gasteiger partial charge in [-0.05, 0) is 60.0 Å². The molecule has 1 unspecified atom stereocenters. The maximum atomic E-state index is 13.5. The third kappa shape index (κ3) is 3.88. The molecular formula is C20H15FNO5S-. The monoisotopic (exact) mass is 400 g/mol.